The van der Waals surface area contributed by atoms with Crippen LogP contribution < -0.4 is 9.64 Å². The summed E-state index contributed by atoms with van der Waals surface area (Å²) < 4.78 is 27.3. The van der Waals surface area contributed by atoms with E-state index in [1.807, 2.05) is 24.5 Å². The second-order valence-corrected chi connectivity index (χ2v) is 8.42. The molecular weight excluding hydrogens is 390 g/mol. The van der Waals surface area contributed by atoms with Gasteiger partial charge in [-0.15, -0.1) is 0 Å². The van der Waals surface area contributed by atoms with Crippen LogP contribution in [0.2, 0.25) is 0 Å². The molecule has 7 nitrogen and oxygen atoms in total. The van der Waals surface area contributed by atoms with Crippen molar-refractivity contribution in [1.82, 2.24) is 9.97 Å². The Morgan fingerprint density at radius 3 is 2.34 bits per heavy atom. The molecule has 2 fully saturated rings. The van der Waals surface area contributed by atoms with Crippen LogP contribution in [-0.4, -0.2) is 46.6 Å². The summed E-state index contributed by atoms with van der Waals surface area (Å²) in [6, 6.07) is 8.21. The molecule has 1 aromatic carbocycles. The Morgan fingerprint density at radius 2 is 1.72 bits per heavy atom. The lowest BCUT2D eigenvalue weighted by Crippen LogP contribution is -2.39. The van der Waals surface area contributed by atoms with Crippen LogP contribution in [0.5, 0.6) is 5.75 Å². The van der Waals surface area contributed by atoms with Crippen molar-refractivity contribution < 1.29 is 17.3 Å². The predicted molar refractivity (Wildman–Crippen MR) is 111 cm³/mol. The summed E-state index contributed by atoms with van der Waals surface area (Å²) in [5.41, 5.74) is 2.36. The van der Waals surface area contributed by atoms with Crippen LogP contribution >= 0.6 is 0 Å². The lowest BCUT2D eigenvalue weighted by Gasteiger charge is -2.32. The summed E-state index contributed by atoms with van der Waals surface area (Å²) in [6.07, 6.45) is 7.74. The number of hydrogen-bond acceptors (Lipinski definition) is 7. The number of benzene rings is 1. The standard InChI is InChI=1S/C21H27N3O4S/c1-2-16-12-22-21(23-13-16)24-9-7-20(8-10-24)28-19-5-3-17(4-6-19)11-18-14-26-29(25)27-15-18/h3-6,12-13,18,20H,2,7-11,14-15H2,1H3. The molecule has 0 radical (unpaired) electrons. The fourth-order valence-electron chi connectivity index (χ4n) is 3.60. The third kappa shape index (κ3) is 5.52. The van der Waals surface area contributed by atoms with E-state index in [4.69, 9.17) is 13.1 Å². The monoisotopic (exact) mass is 417 g/mol. The van der Waals surface area contributed by atoms with Crippen LogP contribution in [-0.2, 0) is 32.6 Å². The van der Waals surface area contributed by atoms with E-state index < -0.39 is 11.4 Å². The molecule has 0 bridgehead atoms. The molecule has 29 heavy (non-hydrogen) atoms. The minimum atomic E-state index is -1.57. The highest BCUT2D eigenvalue weighted by Gasteiger charge is 2.23. The summed E-state index contributed by atoms with van der Waals surface area (Å²) in [6.45, 7) is 4.84. The maximum Gasteiger partial charge on any atom is 0.304 e. The van der Waals surface area contributed by atoms with E-state index in [2.05, 4.69) is 33.9 Å². The van der Waals surface area contributed by atoms with Gasteiger partial charge in [0.05, 0.1) is 13.2 Å². The van der Waals surface area contributed by atoms with Crippen molar-refractivity contribution in [2.45, 2.75) is 38.7 Å². The van der Waals surface area contributed by atoms with Gasteiger partial charge < -0.3 is 9.64 Å². The van der Waals surface area contributed by atoms with Gasteiger partial charge in [-0.2, -0.15) is 4.21 Å². The van der Waals surface area contributed by atoms with E-state index in [0.717, 1.165) is 56.0 Å². The molecule has 0 atom stereocenters. The largest absolute Gasteiger partial charge is 0.490 e. The minimum absolute atomic E-state index is 0.210. The molecule has 0 aliphatic carbocycles. The summed E-state index contributed by atoms with van der Waals surface area (Å²) >= 11 is -1.57. The van der Waals surface area contributed by atoms with Crippen LogP contribution in [0.25, 0.3) is 0 Å². The number of aryl methyl sites for hydroxylation is 1. The number of piperidine rings is 1. The van der Waals surface area contributed by atoms with Crippen molar-refractivity contribution in [3.63, 3.8) is 0 Å². The van der Waals surface area contributed by atoms with Gasteiger partial charge in [0.2, 0.25) is 5.95 Å². The highest BCUT2D eigenvalue weighted by Crippen LogP contribution is 2.23. The SMILES string of the molecule is CCc1cnc(N2CCC(Oc3ccc(CC4COS(=O)OC4)cc3)CC2)nc1. The molecule has 156 valence electrons. The third-order valence-electron chi connectivity index (χ3n) is 5.38. The Balaban J connectivity index is 1.24. The van der Waals surface area contributed by atoms with Gasteiger partial charge in [-0.1, -0.05) is 19.1 Å². The minimum Gasteiger partial charge on any atom is -0.490 e. The number of anilines is 1. The fourth-order valence-corrected chi connectivity index (χ4v) is 4.28. The number of hydrogen-bond donors (Lipinski definition) is 0. The first kappa shape index (κ1) is 20.3. The second kappa shape index (κ2) is 9.65. The van der Waals surface area contributed by atoms with E-state index >= 15 is 0 Å². The maximum absolute atomic E-state index is 11.1. The van der Waals surface area contributed by atoms with Crippen molar-refractivity contribution in [2.24, 2.45) is 5.92 Å². The number of rotatable bonds is 6. The Bertz CT molecular complexity index is 798. The predicted octanol–water partition coefficient (Wildman–Crippen LogP) is 2.87. The van der Waals surface area contributed by atoms with Gasteiger partial charge >= 0.3 is 11.4 Å². The molecule has 0 spiro atoms. The van der Waals surface area contributed by atoms with Crippen molar-refractivity contribution in [3.05, 3.63) is 47.8 Å². The van der Waals surface area contributed by atoms with Gasteiger partial charge in [-0.3, -0.25) is 8.37 Å². The van der Waals surface area contributed by atoms with E-state index in [1.165, 1.54) is 5.56 Å². The Morgan fingerprint density at radius 1 is 1.07 bits per heavy atom. The number of ether oxygens (including phenoxy) is 1. The molecular formula is C21H27N3O4S. The highest BCUT2D eigenvalue weighted by atomic mass is 32.2. The summed E-state index contributed by atoms with van der Waals surface area (Å²) in [5, 5.41) is 0. The van der Waals surface area contributed by atoms with Gasteiger partial charge in [0.15, 0.2) is 0 Å². The lowest BCUT2D eigenvalue weighted by molar-refractivity contribution is 0.124. The van der Waals surface area contributed by atoms with E-state index in [1.54, 1.807) is 0 Å². The molecule has 2 saturated heterocycles. The zero-order valence-electron chi connectivity index (χ0n) is 16.7. The average Bonchev–Trinajstić information content (AvgIpc) is 2.77. The molecule has 3 heterocycles. The molecule has 2 aromatic rings. The zero-order valence-corrected chi connectivity index (χ0v) is 17.5. The molecule has 1 aromatic heterocycles. The first-order chi connectivity index (χ1) is 14.2. The van der Waals surface area contributed by atoms with Crippen molar-refractivity contribution in [2.75, 3.05) is 31.2 Å². The van der Waals surface area contributed by atoms with Crippen molar-refractivity contribution in [1.29, 1.82) is 0 Å². The maximum atomic E-state index is 11.1. The van der Waals surface area contributed by atoms with Crippen molar-refractivity contribution in [3.8, 4) is 5.75 Å². The normalized spacial score (nSPS) is 23.1. The first-order valence-corrected chi connectivity index (χ1v) is 11.2. The molecule has 0 amide bonds. The fraction of sp³-hybridized carbons (Fsp3) is 0.524. The van der Waals surface area contributed by atoms with Gasteiger partial charge in [0, 0.05) is 44.2 Å². The Hall–Kier alpha value is -2.03. The van der Waals surface area contributed by atoms with Crippen LogP contribution in [0.15, 0.2) is 36.7 Å². The topological polar surface area (TPSA) is 73.8 Å². The summed E-state index contributed by atoms with van der Waals surface area (Å²) in [4.78, 5) is 11.2. The molecule has 8 heteroatoms. The number of aromatic nitrogens is 2. The zero-order chi connectivity index (χ0) is 20.1. The number of nitrogens with zero attached hydrogens (tertiary/aromatic N) is 3. The van der Waals surface area contributed by atoms with E-state index in [9.17, 15) is 4.21 Å². The smallest absolute Gasteiger partial charge is 0.304 e. The van der Waals surface area contributed by atoms with Crippen LogP contribution in [0.4, 0.5) is 5.95 Å². The van der Waals surface area contributed by atoms with Crippen molar-refractivity contribution >= 4 is 17.3 Å². The molecule has 2 aliphatic heterocycles. The van der Waals surface area contributed by atoms with Gasteiger partial charge in [-0.05, 0) is 36.1 Å². The van der Waals surface area contributed by atoms with Gasteiger partial charge in [0.25, 0.3) is 0 Å². The summed E-state index contributed by atoms with van der Waals surface area (Å²) in [5.74, 6) is 1.94. The van der Waals surface area contributed by atoms with E-state index in [0.29, 0.717) is 13.2 Å². The highest BCUT2D eigenvalue weighted by molar-refractivity contribution is 7.75. The average molecular weight is 418 g/mol. The van der Waals surface area contributed by atoms with E-state index in [-0.39, 0.29) is 12.0 Å². The van der Waals surface area contributed by atoms with Crippen LogP contribution in [0.1, 0.15) is 30.9 Å². The molecule has 0 N–H and O–H groups in total. The molecule has 4 rings (SSSR count). The Kier molecular flexibility index (Phi) is 6.74. The first-order valence-electron chi connectivity index (χ1n) is 10.2. The molecule has 0 saturated carbocycles. The lowest BCUT2D eigenvalue weighted by atomic mass is 10.0. The quantitative estimate of drug-likeness (QED) is 0.715. The van der Waals surface area contributed by atoms with Crippen LogP contribution in [0, 0.1) is 5.92 Å². The molecule has 0 unspecified atom stereocenters. The van der Waals surface area contributed by atoms with Gasteiger partial charge in [0.1, 0.15) is 11.9 Å². The third-order valence-corrected chi connectivity index (χ3v) is 6.03. The van der Waals surface area contributed by atoms with Gasteiger partial charge in [-0.25, -0.2) is 9.97 Å². The Labute approximate surface area is 174 Å². The summed E-state index contributed by atoms with van der Waals surface area (Å²) in [7, 11) is 0. The molecule has 2 aliphatic rings. The second-order valence-electron chi connectivity index (χ2n) is 7.54. The van der Waals surface area contributed by atoms with Crippen LogP contribution in [0.3, 0.4) is 0 Å².